The lowest BCUT2D eigenvalue weighted by atomic mass is 10.1. The molecule has 0 saturated heterocycles. The number of nitrogens with two attached hydrogens (primary N) is 1. The fourth-order valence-corrected chi connectivity index (χ4v) is 1.64. The molecule has 0 aliphatic carbocycles. The summed E-state index contributed by atoms with van der Waals surface area (Å²) in [6.45, 7) is 5.98. The Bertz CT molecular complexity index is 521. The molecule has 0 aliphatic rings. The lowest BCUT2D eigenvalue weighted by Crippen LogP contribution is -2.15. The molecule has 0 saturated carbocycles. The van der Waals surface area contributed by atoms with Gasteiger partial charge >= 0.3 is 0 Å². The highest BCUT2D eigenvalue weighted by Gasteiger charge is 2.09. The molecule has 2 rings (SSSR count). The van der Waals surface area contributed by atoms with Gasteiger partial charge in [0.15, 0.2) is 0 Å². The third-order valence-electron chi connectivity index (χ3n) is 2.42. The van der Waals surface area contributed by atoms with Crippen LogP contribution < -0.4 is 5.73 Å². The van der Waals surface area contributed by atoms with Gasteiger partial charge in [0, 0.05) is 5.39 Å². The van der Waals surface area contributed by atoms with Crippen LogP contribution in [0.5, 0.6) is 0 Å². The number of rotatable bonds is 2. The third-order valence-corrected chi connectivity index (χ3v) is 2.42. The van der Waals surface area contributed by atoms with Gasteiger partial charge in [0.1, 0.15) is 5.69 Å². The Labute approximate surface area is 102 Å². The minimum atomic E-state index is -0.461. The second kappa shape index (κ2) is 5.99. The first-order valence-corrected chi connectivity index (χ1v) is 5.91. The van der Waals surface area contributed by atoms with E-state index in [1.54, 1.807) is 0 Å². The smallest absolute Gasteiger partial charge is 0.267 e. The van der Waals surface area contributed by atoms with Crippen LogP contribution in [0.3, 0.4) is 0 Å². The van der Waals surface area contributed by atoms with E-state index in [0.717, 1.165) is 22.9 Å². The van der Waals surface area contributed by atoms with Crippen molar-refractivity contribution >= 4 is 16.8 Å². The van der Waals surface area contributed by atoms with Crippen molar-refractivity contribution in [1.29, 1.82) is 0 Å². The van der Waals surface area contributed by atoms with E-state index in [1.165, 1.54) is 0 Å². The van der Waals surface area contributed by atoms with Crippen molar-refractivity contribution in [3.63, 3.8) is 0 Å². The van der Waals surface area contributed by atoms with Crippen LogP contribution in [0.15, 0.2) is 30.3 Å². The maximum atomic E-state index is 11.2. The summed E-state index contributed by atoms with van der Waals surface area (Å²) < 4.78 is 0. The van der Waals surface area contributed by atoms with E-state index < -0.39 is 5.91 Å². The highest BCUT2D eigenvalue weighted by atomic mass is 16.1. The molecule has 1 aromatic heterocycles. The zero-order chi connectivity index (χ0) is 12.8. The molecule has 0 bridgehead atoms. The lowest BCUT2D eigenvalue weighted by molar-refractivity contribution is 0.0995. The average Bonchev–Trinajstić information content (AvgIpc) is 2.39. The Hall–Kier alpha value is -1.90. The maximum absolute atomic E-state index is 11.2. The van der Waals surface area contributed by atoms with E-state index in [2.05, 4.69) is 4.98 Å². The number of aromatic nitrogens is 1. The molecular formula is C14H18N2O. The average molecular weight is 230 g/mol. The van der Waals surface area contributed by atoms with E-state index in [0.29, 0.717) is 5.69 Å². The number of primary amides is 1. The summed E-state index contributed by atoms with van der Waals surface area (Å²) >= 11 is 0. The number of para-hydroxylation sites is 1. The van der Waals surface area contributed by atoms with Crippen LogP contribution in [0.1, 0.15) is 36.8 Å². The molecule has 0 spiro atoms. The molecule has 2 aromatic rings. The van der Waals surface area contributed by atoms with Crippen molar-refractivity contribution in [2.75, 3.05) is 0 Å². The number of benzene rings is 1. The molecule has 0 unspecified atom stereocenters. The molecule has 17 heavy (non-hydrogen) atoms. The number of pyridine rings is 1. The van der Waals surface area contributed by atoms with Gasteiger partial charge in [-0.15, -0.1) is 0 Å². The molecule has 1 amide bonds. The fraction of sp³-hybridized carbons (Fsp3) is 0.286. The molecule has 2 N–H and O–H groups in total. The van der Waals surface area contributed by atoms with Gasteiger partial charge < -0.3 is 5.73 Å². The van der Waals surface area contributed by atoms with Gasteiger partial charge in [0.2, 0.25) is 0 Å². The predicted octanol–water partition coefficient (Wildman–Crippen LogP) is 2.92. The molecule has 3 nitrogen and oxygen atoms in total. The van der Waals surface area contributed by atoms with Gasteiger partial charge in [0.05, 0.1) is 5.52 Å². The predicted molar refractivity (Wildman–Crippen MR) is 71.0 cm³/mol. The number of carbonyl (C=O) groups excluding carboxylic acids is 1. The topological polar surface area (TPSA) is 56.0 Å². The number of hydrogen-bond donors (Lipinski definition) is 1. The van der Waals surface area contributed by atoms with Gasteiger partial charge in [-0.2, -0.15) is 0 Å². The molecule has 0 radical (unpaired) electrons. The number of fused-ring (bicyclic) bond motifs is 1. The van der Waals surface area contributed by atoms with Gasteiger partial charge in [0.25, 0.3) is 5.91 Å². The van der Waals surface area contributed by atoms with Crippen LogP contribution in [0, 0.1) is 0 Å². The highest BCUT2D eigenvalue weighted by Crippen LogP contribution is 2.16. The minimum Gasteiger partial charge on any atom is -0.364 e. The zero-order valence-electron chi connectivity index (χ0n) is 10.5. The Morgan fingerprint density at radius 3 is 2.53 bits per heavy atom. The summed E-state index contributed by atoms with van der Waals surface area (Å²) in [7, 11) is 0. The molecule has 0 aliphatic heterocycles. The van der Waals surface area contributed by atoms with Gasteiger partial charge in [-0.05, 0) is 24.1 Å². The summed E-state index contributed by atoms with van der Waals surface area (Å²) in [5.41, 5.74) is 7.38. The van der Waals surface area contributed by atoms with E-state index >= 15 is 0 Å². The third kappa shape index (κ3) is 2.81. The number of hydrogen-bond acceptors (Lipinski definition) is 2. The van der Waals surface area contributed by atoms with Crippen LogP contribution in [-0.4, -0.2) is 10.9 Å². The highest BCUT2D eigenvalue weighted by molar-refractivity contribution is 5.95. The maximum Gasteiger partial charge on any atom is 0.267 e. The Morgan fingerprint density at radius 1 is 1.29 bits per heavy atom. The minimum absolute atomic E-state index is 0.385. The normalized spacial score (nSPS) is 9.59. The standard InChI is InChI=1S/C12H12N2O.C2H6/c1-2-8-7-9-5-3-4-6-10(9)14-11(8)12(13)15;1-2/h3-7H,2H2,1H3,(H2,13,15);1-2H3. The van der Waals surface area contributed by atoms with Crippen molar-refractivity contribution in [2.24, 2.45) is 5.73 Å². The number of carbonyl (C=O) groups is 1. The number of nitrogens with zero attached hydrogens (tertiary/aromatic N) is 1. The van der Waals surface area contributed by atoms with Crippen molar-refractivity contribution in [1.82, 2.24) is 4.98 Å². The lowest BCUT2D eigenvalue weighted by Gasteiger charge is -2.05. The van der Waals surface area contributed by atoms with E-state index in [9.17, 15) is 4.79 Å². The molecule has 0 atom stereocenters. The van der Waals surface area contributed by atoms with Crippen LogP contribution in [-0.2, 0) is 6.42 Å². The van der Waals surface area contributed by atoms with E-state index in [4.69, 9.17) is 5.73 Å². The molecular weight excluding hydrogens is 212 g/mol. The fourth-order valence-electron chi connectivity index (χ4n) is 1.64. The van der Waals surface area contributed by atoms with Crippen molar-refractivity contribution in [3.8, 4) is 0 Å². The van der Waals surface area contributed by atoms with E-state index in [-0.39, 0.29) is 0 Å². The second-order valence-corrected chi connectivity index (χ2v) is 3.41. The monoisotopic (exact) mass is 230 g/mol. The first-order valence-electron chi connectivity index (χ1n) is 5.91. The molecule has 3 heteroatoms. The molecule has 1 aromatic carbocycles. The van der Waals surface area contributed by atoms with Gasteiger partial charge in [-0.25, -0.2) is 4.98 Å². The van der Waals surface area contributed by atoms with Gasteiger partial charge in [-0.3, -0.25) is 4.79 Å². The number of aryl methyl sites for hydroxylation is 1. The number of amides is 1. The first-order chi connectivity index (χ1) is 8.22. The first kappa shape index (κ1) is 13.2. The van der Waals surface area contributed by atoms with Crippen molar-refractivity contribution in [2.45, 2.75) is 27.2 Å². The zero-order valence-corrected chi connectivity index (χ0v) is 10.5. The largest absolute Gasteiger partial charge is 0.364 e. The second-order valence-electron chi connectivity index (χ2n) is 3.41. The van der Waals surface area contributed by atoms with Crippen LogP contribution in [0.25, 0.3) is 10.9 Å². The Kier molecular flexibility index (Phi) is 4.64. The van der Waals surface area contributed by atoms with Crippen molar-refractivity contribution in [3.05, 3.63) is 41.6 Å². The van der Waals surface area contributed by atoms with E-state index in [1.807, 2.05) is 51.1 Å². The molecule has 90 valence electrons. The Balaban J connectivity index is 0.000000686. The summed E-state index contributed by atoms with van der Waals surface area (Å²) in [5, 5.41) is 1.04. The summed E-state index contributed by atoms with van der Waals surface area (Å²) in [6.07, 6.45) is 0.760. The summed E-state index contributed by atoms with van der Waals surface area (Å²) in [4.78, 5) is 15.5. The van der Waals surface area contributed by atoms with Gasteiger partial charge in [-0.1, -0.05) is 39.0 Å². The summed E-state index contributed by atoms with van der Waals surface area (Å²) in [5.74, 6) is -0.461. The summed E-state index contributed by atoms with van der Waals surface area (Å²) in [6, 6.07) is 9.68. The van der Waals surface area contributed by atoms with Crippen LogP contribution in [0.2, 0.25) is 0 Å². The van der Waals surface area contributed by atoms with Crippen LogP contribution >= 0.6 is 0 Å². The quantitative estimate of drug-likeness (QED) is 0.862. The van der Waals surface area contributed by atoms with Crippen LogP contribution in [0.4, 0.5) is 0 Å². The molecule has 0 fully saturated rings. The Morgan fingerprint density at radius 2 is 1.94 bits per heavy atom. The molecule has 1 heterocycles. The van der Waals surface area contributed by atoms with Crippen molar-refractivity contribution < 1.29 is 4.79 Å². The SMILES string of the molecule is CC.CCc1cc2ccccc2nc1C(N)=O.